The van der Waals surface area contributed by atoms with E-state index in [0.717, 1.165) is 5.56 Å². The van der Waals surface area contributed by atoms with Crippen LogP contribution in [0, 0.1) is 0 Å². The minimum absolute atomic E-state index is 0.0190. The summed E-state index contributed by atoms with van der Waals surface area (Å²) in [7, 11) is 2.75. The lowest BCUT2D eigenvalue weighted by Gasteiger charge is -2.25. The second kappa shape index (κ2) is 10.2. The molecule has 3 aromatic rings. The Hall–Kier alpha value is -3.55. The fourth-order valence-electron chi connectivity index (χ4n) is 4.26. The van der Waals surface area contributed by atoms with Gasteiger partial charge in [-0.2, -0.15) is 0 Å². The van der Waals surface area contributed by atoms with Crippen molar-refractivity contribution < 1.29 is 24.2 Å². The van der Waals surface area contributed by atoms with Crippen molar-refractivity contribution in [2.24, 2.45) is 0 Å². The third-order valence-corrected chi connectivity index (χ3v) is 6.70. The van der Waals surface area contributed by atoms with Gasteiger partial charge in [0.25, 0.3) is 11.7 Å². The number of hydrogen-bond donors (Lipinski definition) is 1. The van der Waals surface area contributed by atoms with Gasteiger partial charge in [0.1, 0.15) is 10.8 Å². The molecule has 1 fully saturated rings. The molecular formula is C27H24Cl2N2O5. The molecule has 9 heteroatoms. The van der Waals surface area contributed by atoms with E-state index in [-0.39, 0.29) is 32.7 Å². The van der Waals surface area contributed by atoms with Crippen LogP contribution in [0.15, 0.2) is 60.4 Å². The number of methoxy groups -OCH3 is 2. The highest BCUT2D eigenvalue weighted by atomic mass is 35.5. The molecule has 0 bridgehead atoms. The molecule has 0 aliphatic carbocycles. The van der Waals surface area contributed by atoms with Gasteiger partial charge in [-0.1, -0.05) is 55.2 Å². The standard InChI is InChI=1S/C27H24Cl2N2O5/c1-14(2)15-7-9-17(10-8-15)31-22(16-6-5-11-30-13-16)20(24(33)27(31)34)23(32)18-12-19(28)26(36-4)21(29)25(18)35-3/h5-14,22,32H,1-4H3/b23-20+. The van der Waals surface area contributed by atoms with E-state index in [9.17, 15) is 14.7 Å². The minimum Gasteiger partial charge on any atom is -0.507 e. The van der Waals surface area contributed by atoms with E-state index in [4.69, 9.17) is 32.7 Å². The minimum atomic E-state index is -0.951. The molecular weight excluding hydrogens is 503 g/mol. The summed E-state index contributed by atoms with van der Waals surface area (Å²) in [6.07, 6.45) is 3.13. The number of pyridine rings is 1. The van der Waals surface area contributed by atoms with Gasteiger partial charge in [0.15, 0.2) is 11.5 Å². The van der Waals surface area contributed by atoms with Crippen LogP contribution < -0.4 is 14.4 Å². The zero-order chi connectivity index (χ0) is 26.1. The Morgan fingerprint density at radius 3 is 2.28 bits per heavy atom. The molecule has 36 heavy (non-hydrogen) atoms. The first-order chi connectivity index (χ1) is 17.2. The van der Waals surface area contributed by atoms with Crippen molar-refractivity contribution in [3.63, 3.8) is 0 Å². The Labute approximate surface area is 218 Å². The Morgan fingerprint density at radius 2 is 1.72 bits per heavy atom. The van der Waals surface area contributed by atoms with Crippen LogP contribution >= 0.6 is 23.2 Å². The third kappa shape index (κ3) is 4.29. The van der Waals surface area contributed by atoms with E-state index in [1.165, 1.54) is 25.2 Å². The van der Waals surface area contributed by atoms with Crippen LogP contribution in [0.4, 0.5) is 5.69 Å². The summed E-state index contributed by atoms with van der Waals surface area (Å²) < 4.78 is 10.6. The number of nitrogens with zero attached hydrogens (tertiary/aromatic N) is 2. The molecule has 0 spiro atoms. The lowest BCUT2D eigenvalue weighted by molar-refractivity contribution is -0.132. The van der Waals surface area contributed by atoms with E-state index in [2.05, 4.69) is 18.8 Å². The Kier molecular flexibility index (Phi) is 7.24. The summed E-state index contributed by atoms with van der Waals surface area (Å²) in [5.74, 6) is -1.63. The van der Waals surface area contributed by atoms with Crippen LogP contribution in [0.1, 0.15) is 42.5 Å². The van der Waals surface area contributed by atoms with Gasteiger partial charge >= 0.3 is 0 Å². The van der Waals surface area contributed by atoms with Crippen LogP contribution in [0.5, 0.6) is 11.5 Å². The van der Waals surface area contributed by atoms with Gasteiger partial charge in [-0.25, -0.2) is 0 Å². The van der Waals surface area contributed by atoms with Crippen molar-refractivity contribution in [1.29, 1.82) is 0 Å². The number of Topliss-reactive ketones (excluding diaryl/α,β-unsaturated/α-hetero) is 1. The van der Waals surface area contributed by atoms with Crippen molar-refractivity contribution >= 4 is 46.3 Å². The van der Waals surface area contributed by atoms with E-state index >= 15 is 0 Å². The predicted molar refractivity (Wildman–Crippen MR) is 139 cm³/mol. The number of amides is 1. The number of hydrogen-bond acceptors (Lipinski definition) is 6. The number of carbonyl (C=O) groups is 2. The Morgan fingerprint density at radius 1 is 1.06 bits per heavy atom. The maximum absolute atomic E-state index is 13.4. The topological polar surface area (TPSA) is 89.0 Å². The van der Waals surface area contributed by atoms with E-state index in [1.807, 2.05) is 12.1 Å². The fraction of sp³-hybridized carbons (Fsp3) is 0.222. The number of aromatic nitrogens is 1. The molecule has 2 heterocycles. The highest BCUT2D eigenvalue weighted by Gasteiger charge is 2.47. The van der Waals surface area contributed by atoms with Gasteiger partial charge in [-0.15, -0.1) is 0 Å². The van der Waals surface area contributed by atoms with Crippen molar-refractivity contribution in [1.82, 2.24) is 4.98 Å². The summed E-state index contributed by atoms with van der Waals surface area (Å²) in [5.41, 5.74) is 2.04. The Bertz CT molecular complexity index is 1350. The molecule has 0 radical (unpaired) electrons. The Balaban J connectivity index is 1.97. The highest BCUT2D eigenvalue weighted by molar-refractivity contribution is 6.52. The van der Waals surface area contributed by atoms with Gasteiger partial charge in [-0.05, 0) is 41.3 Å². The number of aliphatic hydroxyl groups is 1. The first-order valence-corrected chi connectivity index (χ1v) is 11.9. The molecule has 1 amide bonds. The van der Waals surface area contributed by atoms with Gasteiger partial charge in [0, 0.05) is 18.1 Å². The maximum Gasteiger partial charge on any atom is 0.300 e. The molecule has 1 saturated heterocycles. The summed E-state index contributed by atoms with van der Waals surface area (Å²) in [6.45, 7) is 4.13. The number of carbonyl (C=O) groups excluding carboxylic acids is 2. The summed E-state index contributed by atoms with van der Waals surface area (Å²) >= 11 is 12.7. The molecule has 186 valence electrons. The van der Waals surface area contributed by atoms with Crippen LogP contribution in [-0.2, 0) is 9.59 Å². The predicted octanol–water partition coefficient (Wildman–Crippen LogP) is 6.16. The second-order valence-corrected chi connectivity index (χ2v) is 9.27. The molecule has 1 unspecified atom stereocenters. The van der Waals surface area contributed by atoms with Crippen LogP contribution in [0.3, 0.4) is 0 Å². The molecule has 0 saturated carbocycles. The summed E-state index contributed by atoms with van der Waals surface area (Å²) in [4.78, 5) is 32.3. The van der Waals surface area contributed by atoms with Gasteiger partial charge in [-0.3, -0.25) is 19.5 Å². The number of ether oxygens (including phenoxy) is 2. The molecule has 1 atom stereocenters. The van der Waals surface area contributed by atoms with E-state index < -0.39 is 23.5 Å². The van der Waals surface area contributed by atoms with Gasteiger partial charge in [0.05, 0.1) is 36.4 Å². The number of ketones is 1. The van der Waals surface area contributed by atoms with Gasteiger partial charge in [0.2, 0.25) is 0 Å². The highest BCUT2D eigenvalue weighted by Crippen LogP contribution is 2.48. The van der Waals surface area contributed by atoms with Crippen LogP contribution in [0.2, 0.25) is 10.0 Å². The maximum atomic E-state index is 13.4. The zero-order valence-corrected chi connectivity index (χ0v) is 21.6. The zero-order valence-electron chi connectivity index (χ0n) is 20.1. The molecule has 1 aliphatic heterocycles. The summed E-state index contributed by atoms with van der Waals surface area (Å²) in [6, 6.07) is 11.2. The average molecular weight is 527 g/mol. The van der Waals surface area contributed by atoms with E-state index in [0.29, 0.717) is 17.2 Å². The number of rotatable bonds is 6. The van der Waals surface area contributed by atoms with Crippen molar-refractivity contribution in [3.05, 3.63) is 87.2 Å². The summed E-state index contributed by atoms with van der Waals surface area (Å²) in [5, 5.41) is 11.6. The first kappa shape index (κ1) is 25.5. The normalized spacial score (nSPS) is 17.1. The second-order valence-electron chi connectivity index (χ2n) is 8.49. The lowest BCUT2D eigenvalue weighted by atomic mass is 9.95. The fourth-order valence-corrected chi connectivity index (χ4v) is 4.95. The molecule has 1 aliphatic rings. The molecule has 4 rings (SSSR count). The smallest absolute Gasteiger partial charge is 0.300 e. The average Bonchev–Trinajstić information content (AvgIpc) is 3.14. The van der Waals surface area contributed by atoms with E-state index in [1.54, 1.807) is 36.7 Å². The number of anilines is 1. The first-order valence-electron chi connectivity index (χ1n) is 11.1. The van der Waals surface area contributed by atoms with Crippen molar-refractivity contribution in [3.8, 4) is 11.5 Å². The monoisotopic (exact) mass is 526 g/mol. The van der Waals surface area contributed by atoms with Crippen molar-refractivity contribution in [2.45, 2.75) is 25.8 Å². The number of halogens is 2. The van der Waals surface area contributed by atoms with Gasteiger partial charge < -0.3 is 14.6 Å². The largest absolute Gasteiger partial charge is 0.507 e. The quantitative estimate of drug-likeness (QED) is 0.235. The van der Waals surface area contributed by atoms with Crippen molar-refractivity contribution in [2.75, 3.05) is 19.1 Å². The van der Waals surface area contributed by atoms with Crippen LogP contribution in [0.25, 0.3) is 5.76 Å². The molecule has 1 aromatic heterocycles. The molecule has 1 N–H and O–H groups in total. The lowest BCUT2D eigenvalue weighted by Crippen LogP contribution is -2.29. The van der Waals surface area contributed by atoms with Crippen LogP contribution in [-0.4, -0.2) is 36.0 Å². The third-order valence-electron chi connectivity index (χ3n) is 6.08. The molecule has 2 aromatic carbocycles. The number of aliphatic hydroxyl groups excluding tert-OH is 1. The molecule has 7 nitrogen and oxygen atoms in total. The SMILES string of the molecule is COc1c(Cl)cc(/C(O)=C2\C(=O)C(=O)N(c3ccc(C(C)C)cc3)C2c2cccnc2)c(OC)c1Cl. The number of benzene rings is 2.